The van der Waals surface area contributed by atoms with E-state index in [0.717, 1.165) is 11.1 Å². The average molecular weight is 219 g/mol. The van der Waals surface area contributed by atoms with Gasteiger partial charge in [0.05, 0.1) is 17.9 Å². The van der Waals surface area contributed by atoms with Crippen molar-refractivity contribution < 1.29 is 14.3 Å². The molecular formula is C12H13NO3. The Bertz CT molecular complexity index is 460. The first-order chi connectivity index (χ1) is 7.61. The molecule has 0 aliphatic heterocycles. The Kier molecular flexibility index (Phi) is 3.97. The van der Waals surface area contributed by atoms with Crippen LogP contribution in [0.4, 0.5) is 5.69 Å². The summed E-state index contributed by atoms with van der Waals surface area (Å²) < 4.78 is 4.88. The molecule has 0 spiro atoms. The SMILES string of the molecule is CCOC(=O)c1ccc(C)c(C)c1N=C=O. The van der Waals surface area contributed by atoms with Crippen LogP contribution in [0.5, 0.6) is 0 Å². The molecule has 1 rings (SSSR count). The van der Waals surface area contributed by atoms with Crippen LogP contribution >= 0.6 is 0 Å². The summed E-state index contributed by atoms with van der Waals surface area (Å²) in [6.45, 7) is 5.69. The number of rotatable bonds is 3. The Morgan fingerprint density at radius 2 is 2.12 bits per heavy atom. The minimum atomic E-state index is -0.473. The Morgan fingerprint density at radius 3 is 2.69 bits per heavy atom. The van der Waals surface area contributed by atoms with Gasteiger partial charge in [0, 0.05) is 0 Å². The van der Waals surface area contributed by atoms with Gasteiger partial charge < -0.3 is 4.74 Å². The Balaban J connectivity index is 3.33. The van der Waals surface area contributed by atoms with Crippen molar-refractivity contribution in [3.8, 4) is 0 Å². The summed E-state index contributed by atoms with van der Waals surface area (Å²) in [6, 6.07) is 3.40. The van der Waals surface area contributed by atoms with E-state index in [2.05, 4.69) is 4.99 Å². The van der Waals surface area contributed by atoms with E-state index in [0.29, 0.717) is 11.3 Å². The third-order valence-electron chi connectivity index (χ3n) is 2.35. The van der Waals surface area contributed by atoms with Crippen LogP contribution < -0.4 is 0 Å². The topological polar surface area (TPSA) is 55.7 Å². The van der Waals surface area contributed by atoms with Gasteiger partial charge in [-0.1, -0.05) is 6.07 Å². The fourth-order valence-electron chi connectivity index (χ4n) is 1.36. The molecule has 0 radical (unpaired) electrons. The molecule has 0 aliphatic rings. The van der Waals surface area contributed by atoms with Crippen molar-refractivity contribution in [1.29, 1.82) is 0 Å². The van der Waals surface area contributed by atoms with Crippen LogP contribution in [0.25, 0.3) is 0 Å². The predicted molar refractivity (Wildman–Crippen MR) is 59.7 cm³/mol. The standard InChI is InChI=1S/C12H13NO3/c1-4-16-12(15)10-6-5-8(2)9(3)11(10)13-7-14/h5-6H,4H2,1-3H3. The van der Waals surface area contributed by atoms with Gasteiger partial charge in [0.2, 0.25) is 6.08 Å². The predicted octanol–water partition coefficient (Wildman–Crippen LogP) is 2.45. The fraction of sp³-hybridized carbons (Fsp3) is 0.333. The number of hydrogen-bond donors (Lipinski definition) is 0. The van der Waals surface area contributed by atoms with Crippen molar-refractivity contribution in [2.45, 2.75) is 20.8 Å². The maximum atomic E-state index is 11.6. The molecule has 0 aromatic heterocycles. The summed E-state index contributed by atoms with van der Waals surface area (Å²) in [4.78, 5) is 25.5. The molecule has 0 N–H and O–H groups in total. The van der Waals surface area contributed by atoms with Crippen molar-refractivity contribution in [2.75, 3.05) is 6.61 Å². The molecule has 1 aromatic rings. The van der Waals surface area contributed by atoms with Crippen LogP contribution in [-0.4, -0.2) is 18.7 Å². The van der Waals surface area contributed by atoms with E-state index in [1.165, 1.54) is 6.08 Å². The number of ether oxygens (including phenoxy) is 1. The van der Waals surface area contributed by atoms with Gasteiger partial charge in [-0.3, -0.25) is 0 Å². The van der Waals surface area contributed by atoms with E-state index < -0.39 is 5.97 Å². The van der Waals surface area contributed by atoms with Gasteiger partial charge in [0.15, 0.2) is 0 Å². The molecule has 0 saturated heterocycles. The Morgan fingerprint density at radius 1 is 1.44 bits per heavy atom. The summed E-state index contributed by atoms with van der Waals surface area (Å²) in [6.07, 6.45) is 1.46. The van der Waals surface area contributed by atoms with Gasteiger partial charge in [-0.15, -0.1) is 0 Å². The van der Waals surface area contributed by atoms with E-state index >= 15 is 0 Å². The van der Waals surface area contributed by atoms with Crippen molar-refractivity contribution in [1.82, 2.24) is 0 Å². The quantitative estimate of drug-likeness (QED) is 0.445. The van der Waals surface area contributed by atoms with Gasteiger partial charge >= 0.3 is 5.97 Å². The van der Waals surface area contributed by atoms with Crippen LogP contribution in [-0.2, 0) is 9.53 Å². The minimum Gasteiger partial charge on any atom is -0.462 e. The number of nitrogens with zero attached hydrogens (tertiary/aromatic N) is 1. The number of isocyanates is 1. The monoisotopic (exact) mass is 219 g/mol. The van der Waals surface area contributed by atoms with Gasteiger partial charge in [-0.2, -0.15) is 4.99 Å². The zero-order chi connectivity index (χ0) is 12.1. The average Bonchev–Trinajstić information content (AvgIpc) is 2.25. The molecule has 0 unspecified atom stereocenters. The number of carbonyl (C=O) groups excluding carboxylic acids is 2. The summed E-state index contributed by atoms with van der Waals surface area (Å²) in [5, 5.41) is 0. The highest BCUT2D eigenvalue weighted by Crippen LogP contribution is 2.27. The largest absolute Gasteiger partial charge is 0.462 e. The smallest absolute Gasteiger partial charge is 0.340 e. The number of benzene rings is 1. The lowest BCUT2D eigenvalue weighted by Crippen LogP contribution is -2.06. The van der Waals surface area contributed by atoms with Crippen LogP contribution in [0.3, 0.4) is 0 Å². The molecule has 0 fully saturated rings. The summed E-state index contributed by atoms with van der Waals surface area (Å²) in [5.41, 5.74) is 2.39. The van der Waals surface area contributed by atoms with Gasteiger partial charge in [0.25, 0.3) is 0 Å². The van der Waals surface area contributed by atoms with Crippen molar-refractivity contribution in [2.24, 2.45) is 4.99 Å². The van der Waals surface area contributed by atoms with Gasteiger partial charge in [-0.05, 0) is 38.0 Å². The molecule has 4 nitrogen and oxygen atoms in total. The maximum Gasteiger partial charge on any atom is 0.340 e. The molecular weight excluding hydrogens is 206 g/mol. The first-order valence-electron chi connectivity index (χ1n) is 4.97. The molecule has 0 amide bonds. The number of carbonyl (C=O) groups is 1. The van der Waals surface area contributed by atoms with Crippen LogP contribution in [0.2, 0.25) is 0 Å². The normalized spacial score (nSPS) is 9.44. The highest BCUT2D eigenvalue weighted by molar-refractivity contribution is 5.96. The Labute approximate surface area is 94.0 Å². The third-order valence-corrected chi connectivity index (χ3v) is 2.35. The molecule has 0 saturated carbocycles. The lowest BCUT2D eigenvalue weighted by molar-refractivity contribution is 0.0527. The van der Waals surface area contributed by atoms with E-state index in [4.69, 9.17) is 4.74 Å². The molecule has 84 valence electrons. The molecule has 0 atom stereocenters. The number of aryl methyl sites for hydroxylation is 1. The Hall–Kier alpha value is -1.93. The number of aliphatic imine (C=N–C) groups is 1. The van der Waals surface area contributed by atoms with E-state index in [1.54, 1.807) is 26.0 Å². The van der Waals surface area contributed by atoms with E-state index in [9.17, 15) is 9.59 Å². The lowest BCUT2D eigenvalue weighted by Gasteiger charge is -2.08. The zero-order valence-electron chi connectivity index (χ0n) is 9.53. The lowest BCUT2D eigenvalue weighted by atomic mass is 10.0. The van der Waals surface area contributed by atoms with Crippen molar-refractivity contribution >= 4 is 17.7 Å². The van der Waals surface area contributed by atoms with Crippen LogP contribution in [0, 0.1) is 13.8 Å². The van der Waals surface area contributed by atoms with Crippen molar-refractivity contribution in [3.63, 3.8) is 0 Å². The second kappa shape index (κ2) is 5.24. The fourth-order valence-corrected chi connectivity index (χ4v) is 1.36. The first kappa shape index (κ1) is 12.1. The summed E-state index contributed by atoms with van der Waals surface area (Å²) >= 11 is 0. The first-order valence-corrected chi connectivity index (χ1v) is 4.97. The molecule has 0 heterocycles. The number of hydrogen-bond acceptors (Lipinski definition) is 4. The van der Waals surface area contributed by atoms with Crippen LogP contribution in [0.1, 0.15) is 28.4 Å². The molecule has 4 heteroatoms. The molecule has 16 heavy (non-hydrogen) atoms. The van der Waals surface area contributed by atoms with Crippen LogP contribution in [0.15, 0.2) is 17.1 Å². The highest BCUT2D eigenvalue weighted by Gasteiger charge is 2.15. The van der Waals surface area contributed by atoms with Crippen molar-refractivity contribution in [3.05, 3.63) is 28.8 Å². The van der Waals surface area contributed by atoms with Gasteiger partial charge in [0.1, 0.15) is 0 Å². The van der Waals surface area contributed by atoms with E-state index in [-0.39, 0.29) is 6.61 Å². The van der Waals surface area contributed by atoms with Gasteiger partial charge in [-0.25, -0.2) is 9.59 Å². The second-order valence-electron chi connectivity index (χ2n) is 3.33. The highest BCUT2D eigenvalue weighted by atomic mass is 16.5. The maximum absolute atomic E-state index is 11.6. The number of esters is 1. The molecule has 1 aromatic carbocycles. The molecule has 0 aliphatic carbocycles. The van der Waals surface area contributed by atoms with E-state index in [1.807, 2.05) is 6.92 Å². The molecule has 0 bridgehead atoms. The summed E-state index contributed by atoms with van der Waals surface area (Å²) in [7, 11) is 0. The summed E-state index contributed by atoms with van der Waals surface area (Å²) in [5.74, 6) is -0.473. The second-order valence-corrected chi connectivity index (χ2v) is 3.33. The zero-order valence-corrected chi connectivity index (χ0v) is 9.53. The minimum absolute atomic E-state index is 0.288. The third kappa shape index (κ3) is 2.35.